The van der Waals surface area contributed by atoms with Gasteiger partial charge < -0.3 is 5.11 Å². The van der Waals surface area contributed by atoms with Gasteiger partial charge in [-0.15, -0.1) is 10.2 Å². The molecule has 0 bridgehead atoms. The Labute approximate surface area is 123 Å². The number of ketones is 1. The summed E-state index contributed by atoms with van der Waals surface area (Å²) in [7, 11) is 0. The van der Waals surface area contributed by atoms with Gasteiger partial charge in [-0.05, 0) is 30.0 Å². The van der Waals surface area contributed by atoms with Crippen LogP contribution in [0.1, 0.15) is 17.3 Å². The molecule has 1 aromatic heterocycles. The number of Topliss-reactive ketones (excluding diaryl/α,β-unsaturated/α-hetero) is 1. The van der Waals surface area contributed by atoms with E-state index in [1.165, 1.54) is 35.2 Å². The molecule has 2 rings (SSSR count). The van der Waals surface area contributed by atoms with E-state index in [4.69, 9.17) is 5.11 Å². The molecule has 7 heteroatoms. The monoisotopic (exact) mass is 312 g/mol. The summed E-state index contributed by atoms with van der Waals surface area (Å²) in [5.74, 6) is 1.47. The number of aromatic hydroxyl groups is 1. The standard InChI is InChI=1S/C12H12N2O2S3/c1-2-17-11-13-14-12(19-11)18-7-10(16)8-3-5-9(15)6-4-8/h3-6,15H,2,7H2,1H3. The van der Waals surface area contributed by atoms with Crippen molar-refractivity contribution >= 4 is 40.6 Å². The second-order valence-electron chi connectivity index (χ2n) is 3.53. The summed E-state index contributed by atoms with van der Waals surface area (Å²) in [5, 5.41) is 17.2. The highest BCUT2D eigenvalue weighted by molar-refractivity contribution is 8.03. The second kappa shape index (κ2) is 6.93. The van der Waals surface area contributed by atoms with E-state index in [2.05, 4.69) is 17.1 Å². The molecule has 0 saturated heterocycles. The van der Waals surface area contributed by atoms with Crippen molar-refractivity contribution in [1.29, 1.82) is 0 Å². The molecule has 0 spiro atoms. The number of hydrogen-bond acceptors (Lipinski definition) is 7. The molecule has 2 aromatic rings. The van der Waals surface area contributed by atoms with Gasteiger partial charge in [0, 0.05) is 5.56 Å². The predicted octanol–water partition coefficient (Wildman–Crippen LogP) is 3.33. The van der Waals surface area contributed by atoms with Gasteiger partial charge in [0.15, 0.2) is 14.5 Å². The second-order valence-corrected chi connectivity index (χ2v) is 7.24. The number of carbonyl (C=O) groups excluding carboxylic acids is 1. The Bertz CT molecular complexity index is 554. The van der Waals surface area contributed by atoms with Crippen LogP contribution in [0.4, 0.5) is 0 Å². The minimum atomic E-state index is 0.0184. The molecule has 1 heterocycles. The number of carbonyl (C=O) groups is 1. The lowest BCUT2D eigenvalue weighted by Crippen LogP contribution is -2.01. The van der Waals surface area contributed by atoms with Gasteiger partial charge in [-0.25, -0.2) is 0 Å². The summed E-state index contributed by atoms with van der Waals surface area (Å²) in [4.78, 5) is 11.9. The number of rotatable bonds is 6. The molecule has 0 fully saturated rings. The third-order valence-electron chi connectivity index (χ3n) is 2.17. The van der Waals surface area contributed by atoms with Crippen molar-refractivity contribution in [2.24, 2.45) is 0 Å². The smallest absolute Gasteiger partial charge is 0.175 e. The van der Waals surface area contributed by atoms with E-state index in [-0.39, 0.29) is 11.5 Å². The van der Waals surface area contributed by atoms with Crippen molar-refractivity contribution in [3.8, 4) is 5.75 Å². The lowest BCUT2D eigenvalue weighted by atomic mass is 10.1. The fraction of sp³-hybridized carbons (Fsp3) is 0.250. The molecule has 0 aliphatic rings. The Hall–Kier alpha value is -1.05. The number of hydrogen-bond donors (Lipinski definition) is 1. The average molecular weight is 312 g/mol. The van der Waals surface area contributed by atoms with E-state index < -0.39 is 0 Å². The zero-order valence-electron chi connectivity index (χ0n) is 10.2. The topological polar surface area (TPSA) is 63.1 Å². The number of phenolic OH excluding ortho intramolecular Hbond substituents is 1. The summed E-state index contributed by atoms with van der Waals surface area (Å²) < 4.78 is 1.74. The molecule has 1 N–H and O–H groups in total. The Balaban J connectivity index is 1.90. The van der Waals surface area contributed by atoms with Gasteiger partial charge in [-0.3, -0.25) is 4.79 Å². The van der Waals surface area contributed by atoms with Crippen LogP contribution in [-0.2, 0) is 0 Å². The largest absolute Gasteiger partial charge is 0.508 e. The minimum absolute atomic E-state index is 0.0184. The molecule has 0 radical (unpaired) electrons. The number of thioether (sulfide) groups is 2. The molecule has 4 nitrogen and oxygen atoms in total. The first-order chi connectivity index (χ1) is 9.19. The van der Waals surface area contributed by atoms with Crippen LogP contribution in [0.2, 0.25) is 0 Å². The lowest BCUT2D eigenvalue weighted by Gasteiger charge is -1.99. The maximum atomic E-state index is 11.9. The van der Waals surface area contributed by atoms with E-state index >= 15 is 0 Å². The van der Waals surface area contributed by atoms with Crippen molar-refractivity contribution < 1.29 is 9.90 Å². The third kappa shape index (κ3) is 4.22. The van der Waals surface area contributed by atoms with E-state index in [0.29, 0.717) is 11.3 Å². The van der Waals surface area contributed by atoms with Crippen LogP contribution in [-0.4, -0.2) is 32.6 Å². The molecule has 19 heavy (non-hydrogen) atoms. The first-order valence-corrected chi connectivity index (χ1v) is 8.39. The number of nitrogens with zero attached hydrogens (tertiary/aromatic N) is 2. The summed E-state index contributed by atoms with van der Waals surface area (Å²) >= 11 is 4.55. The number of phenols is 1. The van der Waals surface area contributed by atoms with Gasteiger partial charge in [-0.1, -0.05) is 41.8 Å². The molecule has 100 valence electrons. The Morgan fingerprint density at radius 1 is 1.21 bits per heavy atom. The highest BCUT2D eigenvalue weighted by Crippen LogP contribution is 2.28. The summed E-state index contributed by atoms with van der Waals surface area (Å²) in [5.41, 5.74) is 0.595. The van der Waals surface area contributed by atoms with Crippen LogP contribution in [0, 0.1) is 0 Å². The van der Waals surface area contributed by atoms with E-state index in [0.717, 1.165) is 14.4 Å². The summed E-state index contributed by atoms with van der Waals surface area (Å²) in [6.45, 7) is 2.06. The normalized spacial score (nSPS) is 10.6. The first-order valence-electron chi connectivity index (χ1n) is 5.60. The van der Waals surface area contributed by atoms with Crippen molar-refractivity contribution in [3.63, 3.8) is 0 Å². The Morgan fingerprint density at radius 2 is 1.84 bits per heavy atom. The van der Waals surface area contributed by atoms with Crippen LogP contribution in [0.5, 0.6) is 5.75 Å². The van der Waals surface area contributed by atoms with Gasteiger partial charge in [0.05, 0.1) is 5.75 Å². The number of aromatic nitrogens is 2. The minimum Gasteiger partial charge on any atom is -0.508 e. The van der Waals surface area contributed by atoms with Gasteiger partial charge in [0.25, 0.3) is 0 Å². The average Bonchev–Trinajstić information content (AvgIpc) is 2.85. The maximum Gasteiger partial charge on any atom is 0.175 e. The molecule has 0 atom stereocenters. The molecule has 0 aliphatic heterocycles. The first kappa shape index (κ1) is 14.4. The highest BCUT2D eigenvalue weighted by Gasteiger charge is 2.10. The van der Waals surface area contributed by atoms with Crippen molar-refractivity contribution in [2.45, 2.75) is 15.6 Å². The SMILES string of the molecule is CCSc1nnc(SCC(=O)c2ccc(O)cc2)s1. The van der Waals surface area contributed by atoms with Crippen molar-refractivity contribution in [1.82, 2.24) is 10.2 Å². The van der Waals surface area contributed by atoms with Crippen LogP contribution in [0.25, 0.3) is 0 Å². The quantitative estimate of drug-likeness (QED) is 0.652. The van der Waals surface area contributed by atoms with Gasteiger partial charge in [0.2, 0.25) is 0 Å². The van der Waals surface area contributed by atoms with Crippen LogP contribution < -0.4 is 0 Å². The zero-order chi connectivity index (χ0) is 13.7. The van der Waals surface area contributed by atoms with Gasteiger partial charge >= 0.3 is 0 Å². The highest BCUT2D eigenvalue weighted by atomic mass is 32.2. The molecule has 0 aliphatic carbocycles. The fourth-order valence-corrected chi connectivity index (χ4v) is 4.11. The molecular weight excluding hydrogens is 300 g/mol. The Morgan fingerprint density at radius 3 is 2.47 bits per heavy atom. The number of benzene rings is 1. The maximum absolute atomic E-state index is 11.9. The lowest BCUT2D eigenvalue weighted by molar-refractivity contribution is 0.102. The molecule has 1 aromatic carbocycles. The van der Waals surface area contributed by atoms with Crippen molar-refractivity contribution in [2.75, 3.05) is 11.5 Å². The fourth-order valence-electron chi connectivity index (χ4n) is 1.30. The van der Waals surface area contributed by atoms with Crippen molar-refractivity contribution in [3.05, 3.63) is 29.8 Å². The summed E-state index contributed by atoms with van der Waals surface area (Å²) in [6, 6.07) is 6.27. The third-order valence-corrected chi connectivity index (χ3v) is 5.24. The van der Waals surface area contributed by atoms with E-state index in [1.807, 2.05) is 0 Å². The van der Waals surface area contributed by atoms with Crippen LogP contribution >= 0.6 is 34.9 Å². The van der Waals surface area contributed by atoms with Gasteiger partial charge in [-0.2, -0.15) is 0 Å². The molecule has 0 amide bonds. The van der Waals surface area contributed by atoms with E-state index in [9.17, 15) is 4.79 Å². The summed E-state index contributed by atoms with van der Waals surface area (Å²) in [6.07, 6.45) is 0. The van der Waals surface area contributed by atoms with E-state index in [1.54, 1.807) is 23.9 Å². The predicted molar refractivity (Wildman–Crippen MR) is 79.5 cm³/mol. The van der Waals surface area contributed by atoms with Gasteiger partial charge in [0.1, 0.15) is 5.75 Å². The zero-order valence-corrected chi connectivity index (χ0v) is 12.6. The molecular formula is C12H12N2O2S3. The molecule has 0 saturated carbocycles. The van der Waals surface area contributed by atoms with Crippen LogP contribution in [0.3, 0.4) is 0 Å². The molecule has 0 unspecified atom stereocenters. The Kier molecular flexibility index (Phi) is 5.24. The van der Waals surface area contributed by atoms with Crippen LogP contribution in [0.15, 0.2) is 32.9 Å².